The Bertz CT molecular complexity index is 1010. The van der Waals surface area contributed by atoms with Gasteiger partial charge >= 0.3 is 12.0 Å². The predicted octanol–water partition coefficient (Wildman–Crippen LogP) is 4.40. The molecule has 1 atom stereocenters. The van der Waals surface area contributed by atoms with Gasteiger partial charge in [0.05, 0.1) is 32.5 Å². The number of rotatable bonds is 9. The fourth-order valence-corrected chi connectivity index (χ4v) is 5.03. The van der Waals surface area contributed by atoms with Crippen LogP contribution in [0.15, 0.2) is 48.5 Å². The lowest BCUT2D eigenvalue weighted by Gasteiger charge is -2.37. The Morgan fingerprint density at radius 3 is 2.38 bits per heavy atom. The third-order valence-electron chi connectivity index (χ3n) is 7.31. The molecule has 2 aromatic carbocycles. The largest absolute Gasteiger partial charge is 0.497 e. The number of urea groups is 1. The number of amides is 2. The molecule has 2 fully saturated rings. The number of esters is 1. The van der Waals surface area contributed by atoms with Crippen molar-refractivity contribution in [1.82, 2.24) is 15.1 Å². The highest BCUT2D eigenvalue weighted by Gasteiger charge is 2.26. The van der Waals surface area contributed by atoms with Crippen LogP contribution in [0.2, 0.25) is 0 Å². The summed E-state index contributed by atoms with van der Waals surface area (Å²) in [5, 5.41) is 3.24. The molecule has 0 radical (unpaired) electrons. The second kappa shape index (κ2) is 13.4. The molecule has 0 spiro atoms. The van der Waals surface area contributed by atoms with Gasteiger partial charge in [0.15, 0.2) is 0 Å². The molecule has 1 N–H and O–H groups in total. The number of hydrogen-bond donors (Lipinski definition) is 1. The number of piperazine rings is 1. The van der Waals surface area contributed by atoms with Crippen LogP contribution in [-0.4, -0.2) is 74.8 Å². The van der Waals surface area contributed by atoms with Crippen LogP contribution in [0.25, 0.3) is 0 Å². The Morgan fingerprint density at radius 2 is 1.70 bits per heavy atom. The van der Waals surface area contributed by atoms with Gasteiger partial charge in [-0.25, -0.2) is 9.59 Å². The SMILES string of the molecule is COC(=O)c1ccc(CO[C@@H](CN2CCN(C(=O)NC3CCCCC3)CC2)c2cccc(OC)c2)cc1. The smallest absolute Gasteiger partial charge is 0.337 e. The minimum absolute atomic E-state index is 0.0718. The quantitative estimate of drug-likeness (QED) is 0.505. The molecule has 0 unspecified atom stereocenters. The summed E-state index contributed by atoms with van der Waals surface area (Å²) < 4.78 is 16.6. The minimum atomic E-state index is -0.353. The zero-order chi connectivity index (χ0) is 26.0. The van der Waals surface area contributed by atoms with E-state index in [9.17, 15) is 9.59 Å². The van der Waals surface area contributed by atoms with E-state index < -0.39 is 0 Å². The Labute approximate surface area is 219 Å². The van der Waals surface area contributed by atoms with Crippen LogP contribution < -0.4 is 10.1 Å². The molecule has 1 saturated heterocycles. The van der Waals surface area contributed by atoms with E-state index in [2.05, 4.69) is 16.3 Å². The first-order chi connectivity index (χ1) is 18.1. The summed E-state index contributed by atoms with van der Waals surface area (Å²) in [5.74, 6) is 0.436. The van der Waals surface area contributed by atoms with Crippen molar-refractivity contribution in [3.8, 4) is 5.75 Å². The predicted molar refractivity (Wildman–Crippen MR) is 142 cm³/mol. The van der Waals surface area contributed by atoms with Crippen molar-refractivity contribution in [1.29, 1.82) is 0 Å². The van der Waals surface area contributed by atoms with E-state index in [4.69, 9.17) is 14.2 Å². The Kier molecular flexibility index (Phi) is 9.79. The first-order valence-electron chi connectivity index (χ1n) is 13.3. The maximum atomic E-state index is 12.8. The number of hydrogen-bond acceptors (Lipinski definition) is 6. The van der Waals surface area contributed by atoms with Crippen molar-refractivity contribution in [2.75, 3.05) is 46.9 Å². The number of benzene rings is 2. The summed E-state index contributed by atoms with van der Waals surface area (Å²) >= 11 is 0. The molecular formula is C29H39N3O5. The van der Waals surface area contributed by atoms with Gasteiger partial charge in [0, 0.05) is 38.8 Å². The van der Waals surface area contributed by atoms with Crippen LogP contribution in [0.3, 0.4) is 0 Å². The maximum Gasteiger partial charge on any atom is 0.337 e. The molecule has 0 bridgehead atoms. The zero-order valence-electron chi connectivity index (χ0n) is 22.0. The highest BCUT2D eigenvalue weighted by atomic mass is 16.5. The van der Waals surface area contributed by atoms with E-state index in [1.54, 1.807) is 19.2 Å². The van der Waals surface area contributed by atoms with Gasteiger partial charge in [-0.05, 0) is 48.2 Å². The lowest BCUT2D eigenvalue weighted by Crippen LogP contribution is -2.54. The van der Waals surface area contributed by atoms with Crippen molar-refractivity contribution in [2.45, 2.75) is 50.9 Å². The molecule has 8 heteroatoms. The second-order valence-electron chi connectivity index (χ2n) is 9.84. The number of methoxy groups -OCH3 is 2. The van der Waals surface area contributed by atoms with Gasteiger partial charge in [-0.3, -0.25) is 4.90 Å². The fourth-order valence-electron chi connectivity index (χ4n) is 5.03. The summed E-state index contributed by atoms with van der Waals surface area (Å²) in [4.78, 5) is 28.8. The van der Waals surface area contributed by atoms with Gasteiger partial charge in [-0.1, -0.05) is 43.5 Å². The first-order valence-corrected chi connectivity index (χ1v) is 13.3. The van der Waals surface area contributed by atoms with E-state index in [1.165, 1.54) is 26.4 Å². The van der Waals surface area contributed by atoms with E-state index in [1.807, 2.05) is 35.2 Å². The molecule has 1 aliphatic heterocycles. The monoisotopic (exact) mass is 509 g/mol. The lowest BCUT2D eigenvalue weighted by molar-refractivity contribution is 0.00535. The molecule has 0 aromatic heterocycles. The van der Waals surface area contributed by atoms with Crippen LogP contribution in [0, 0.1) is 0 Å². The number of carbonyl (C=O) groups excluding carboxylic acids is 2. The van der Waals surface area contributed by atoms with Crippen LogP contribution in [0.5, 0.6) is 5.75 Å². The number of nitrogens with one attached hydrogen (secondary N) is 1. The third kappa shape index (κ3) is 7.69. The van der Waals surface area contributed by atoms with Gasteiger partial charge in [0.2, 0.25) is 0 Å². The average Bonchev–Trinajstić information content (AvgIpc) is 2.96. The number of nitrogens with zero attached hydrogens (tertiary/aromatic N) is 2. The van der Waals surface area contributed by atoms with Gasteiger partial charge in [-0.2, -0.15) is 0 Å². The van der Waals surface area contributed by atoms with E-state index in [0.717, 1.165) is 42.8 Å². The van der Waals surface area contributed by atoms with Gasteiger partial charge in [0.25, 0.3) is 0 Å². The summed E-state index contributed by atoms with van der Waals surface area (Å²) in [6.07, 6.45) is 5.71. The van der Waals surface area contributed by atoms with Crippen LogP contribution in [0.1, 0.15) is 59.7 Å². The summed E-state index contributed by atoms with van der Waals surface area (Å²) in [6, 6.07) is 15.6. The van der Waals surface area contributed by atoms with E-state index in [-0.39, 0.29) is 18.1 Å². The van der Waals surface area contributed by atoms with Crippen molar-refractivity contribution in [3.05, 3.63) is 65.2 Å². The summed E-state index contributed by atoms with van der Waals surface area (Å²) in [6.45, 7) is 4.14. The minimum Gasteiger partial charge on any atom is -0.497 e. The summed E-state index contributed by atoms with van der Waals surface area (Å²) in [5.41, 5.74) is 2.54. The molecule has 37 heavy (non-hydrogen) atoms. The first kappa shape index (κ1) is 26.9. The normalized spacial score (nSPS) is 17.7. The highest BCUT2D eigenvalue weighted by molar-refractivity contribution is 5.89. The van der Waals surface area contributed by atoms with Crippen molar-refractivity contribution < 1.29 is 23.8 Å². The van der Waals surface area contributed by atoms with Crippen molar-refractivity contribution >= 4 is 12.0 Å². The molecule has 8 nitrogen and oxygen atoms in total. The van der Waals surface area contributed by atoms with E-state index >= 15 is 0 Å². The molecule has 2 aliphatic rings. The van der Waals surface area contributed by atoms with Crippen molar-refractivity contribution in [3.63, 3.8) is 0 Å². The topological polar surface area (TPSA) is 80.3 Å². The summed E-state index contributed by atoms with van der Waals surface area (Å²) in [7, 11) is 3.04. The van der Waals surface area contributed by atoms with Gasteiger partial charge in [0.1, 0.15) is 5.75 Å². The Balaban J connectivity index is 1.35. The van der Waals surface area contributed by atoms with E-state index in [0.29, 0.717) is 37.8 Å². The number of carbonyl (C=O) groups is 2. The van der Waals surface area contributed by atoms with Crippen LogP contribution >= 0.6 is 0 Å². The van der Waals surface area contributed by atoms with Crippen LogP contribution in [-0.2, 0) is 16.1 Å². The standard InChI is InChI=1S/C29H39N3O5/c1-35-26-10-6-7-24(19-26)27(37-21-22-11-13-23(14-12-22)28(33)36-2)20-31-15-17-32(18-16-31)29(34)30-25-8-4-3-5-9-25/h6-7,10-14,19,25,27H,3-5,8-9,15-18,20-21H2,1-2H3,(H,30,34)/t27-/m0/s1. The molecule has 2 amide bonds. The van der Waals surface area contributed by atoms with Crippen LogP contribution in [0.4, 0.5) is 4.79 Å². The van der Waals surface area contributed by atoms with Crippen molar-refractivity contribution in [2.24, 2.45) is 0 Å². The van der Waals surface area contributed by atoms with Gasteiger partial charge in [-0.15, -0.1) is 0 Å². The third-order valence-corrected chi connectivity index (χ3v) is 7.31. The molecule has 4 rings (SSSR count). The second-order valence-corrected chi connectivity index (χ2v) is 9.84. The Hall–Kier alpha value is -3.10. The Morgan fingerprint density at radius 1 is 0.973 bits per heavy atom. The number of ether oxygens (including phenoxy) is 3. The molecule has 1 heterocycles. The molecular weight excluding hydrogens is 470 g/mol. The molecule has 2 aromatic rings. The molecule has 1 aliphatic carbocycles. The fraction of sp³-hybridized carbons (Fsp3) is 0.517. The lowest BCUT2D eigenvalue weighted by atomic mass is 9.96. The highest BCUT2D eigenvalue weighted by Crippen LogP contribution is 2.25. The maximum absolute atomic E-state index is 12.8. The molecule has 200 valence electrons. The van der Waals surface area contributed by atoms with Gasteiger partial charge < -0.3 is 24.4 Å². The zero-order valence-corrected chi connectivity index (χ0v) is 22.0. The average molecular weight is 510 g/mol. The molecule has 1 saturated carbocycles.